The number of rotatable bonds is 5. The van der Waals surface area contributed by atoms with E-state index in [1.165, 1.54) is 0 Å². The minimum absolute atomic E-state index is 0.0610. The van der Waals surface area contributed by atoms with Gasteiger partial charge in [-0.3, -0.25) is 9.48 Å². The van der Waals surface area contributed by atoms with E-state index in [9.17, 15) is 4.79 Å². The van der Waals surface area contributed by atoms with Crippen molar-refractivity contribution < 1.29 is 6.17 Å². The highest BCUT2D eigenvalue weighted by molar-refractivity contribution is 6.05. The van der Waals surface area contributed by atoms with Crippen LogP contribution in [0.4, 0.5) is 0 Å². The van der Waals surface area contributed by atoms with Gasteiger partial charge in [-0.05, 0) is 57.0 Å². The Morgan fingerprint density at radius 1 is 1.41 bits per heavy atom. The third-order valence-electron chi connectivity index (χ3n) is 5.79. The molecular weight excluding hydrogens is 362 g/mol. The maximum absolute atomic E-state index is 13.5. The lowest BCUT2D eigenvalue weighted by molar-refractivity contribution is 0.0717. The first-order chi connectivity index (χ1) is 14.4. The Bertz CT molecular complexity index is 1080. The van der Waals surface area contributed by atoms with Gasteiger partial charge in [-0.15, -0.1) is 0 Å². The van der Waals surface area contributed by atoms with Gasteiger partial charge in [0.15, 0.2) is 5.65 Å². The van der Waals surface area contributed by atoms with Gasteiger partial charge >= 0.3 is 0 Å². The Kier molecular flexibility index (Phi) is 5.02. The van der Waals surface area contributed by atoms with Gasteiger partial charge in [0.05, 0.1) is 7.57 Å². The van der Waals surface area contributed by atoms with Gasteiger partial charge < -0.3 is 10.2 Å². The molecule has 1 N–H and O–H groups in total. The Morgan fingerprint density at radius 3 is 2.93 bits per heavy atom. The molecule has 0 aliphatic carbocycles. The lowest BCUT2D eigenvalue weighted by atomic mass is 9.94. The molecule has 1 aliphatic heterocycles. The normalized spacial score (nSPS) is 17.1. The predicted molar refractivity (Wildman–Crippen MR) is 116 cm³/mol. The molecule has 1 aromatic carbocycles. The fourth-order valence-electron chi connectivity index (χ4n) is 4.20. The average Bonchev–Trinajstić information content (AvgIpc) is 3.38. The van der Waals surface area contributed by atoms with E-state index >= 15 is 0 Å². The third kappa shape index (κ3) is 3.53. The second-order valence-corrected chi connectivity index (χ2v) is 7.93. The second kappa shape index (κ2) is 7.95. The number of hydrogen-bond acceptors (Lipinski definition) is 4. The lowest BCUT2D eigenvalue weighted by Crippen LogP contribution is -2.36. The molecule has 3 aromatic rings. The molecule has 6 nitrogen and oxygen atoms in total. The van der Waals surface area contributed by atoms with Gasteiger partial charge in [-0.2, -0.15) is 5.10 Å². The van der Waals surface area contributed by atoms with Crippen LogP contribution in [0.2, 0.25) is 0 Å². The quantitative estimate of drug-likeness (QED) is 0.721. The van der Waals surface area contributed by atoms with Gasteiger partial charge in [0, 0.05) is 48.7 Å². The summed E-state index contributed by atoms with van der Waals surface area (Å²) in [6, 6.07) is 7.88. The standard InChI is InChI=1S/C23H29N5O/c1-5-28(15(2)3)23(29)18-9-7-6-8-17(18)19-12-21(16-10-11-24-13-16)26-22-20(19)14-25-27(22)4/h6-9,12,14-16,24H,5,10-11,13H2,1-4H3/i9D. The monoisotopic (exact) mass is 392 g/mol. The van der Waals surface area contributed by atoms with Crippen LogP contribution >= 0.6 is 0 Å². The summed E-state index contributed by atoms with van der Waals surface area (Å²) in [6.07, 6.45) is 2.84. The van der Waals surface area contributed by atoms with Crippen LogP contribution in [0.15, 0.2) is 36.5 Å². The summed E-state index contributed by atoms with van der Waals surface area (Å²) in [5, 5.41) is 8.73. The molecular formula is C23H29N5O. The van der Waals surface area contributed by atoms with Crippen molar-refractivity contribution in [1.29, 1.82) is 0 Å². The minimum atomic E-state index is -0.106. The number of aryl methyl sites for hydroxylation is 1. The highest BCUT2D eigenvalue weighted by Gasteiger charge is 2.24. The molecule has 0 spiro atoms. The van der Waals surface area contributed by atoms with Crippen LogP contribution in [0.3, 0.4) is 0 Å². The zero-order valence-electron chi connectivity index (χ0n) is 18.6. The molecule has 3 heterocycles. The topological polar surface area (TPSA) is 63.1 Å². The number of carbonyl (C=O) groups excluding carboxylic acids is 1. The molecule has 6 heteroatoms. The summed E-state index contributed by atoms with van der Waals surface area (Å²) in [6.45, 7) is 8.46. The second-order valence-electron chi connectivity index (χ2n) is 7.93. The number of amides is 1. The minimum Gasteiger partial charge on any atom is -0.336 e. The molecule has 4 rings (SSSR count). The van der Waals surface area contributed by atoms with Gasteiger partial charge in [0.2, 0.25) is 0 Å². The van der Waals surface area contributed by atoms with Crippen LogP contribution in [0.5, 0.6) is 0 Å². The summed E-state index contributed by atoms with van der Waals surface area (Å²) >= 11 is 0. The Morgan fingerprint density at radius 2 is 2.24 bits per heavy atom. The van der Waals surface area contributed by atoms with Crippen LogP contribution in [0.25, 0.3) is 22.2 Å². The summed E-state index contributed by atoms with van der Waals surface area (Å²) in [5.74, 6) is 0.232. The van der Waals surface area contributed by atoms with Crippen LogP contribution < -0.4 is 5.32 Å². The smallest absolute Gasteiger partial charge is 0.254 e. The first-order valence-corrected chi connectivity index (χ1v) is 10.4. The number of benzene rings is 1. The van der Waals surface area contributed by atoms with Crippen molar-refractivity contribution in [2.24, 2.45) is 7.05 Å². The molecule has 29 heavy (non-hydrogen) atoms. The van der Waals surface area contributed by atoms with E-state index in [2.05, 4.69) is 16.5 Å². The number of aromatic nitrogens is 3. The van der Waals surface area contributed by atoms with Gasteiger partial charge in [-0.25, -0.2) is 4.98 Å². The van der Waals surface area contributed by atoms with Crippen LogP contribution in [0.1, 0.15) is 50.5 Å². The molecule has 0 saturated carbocycles. The van der Waals surface area contributed by atoms with E-state index < -0.39 is 0 Å². The maximum Gasteiger partial charge on any atom is 0.254 e. The zero-order chi connectivity index (χ0) is 21.4. The number of pyridine rings is 1. The van der Waals surface area contributed by atoms with Gasteiger partial charge in [0.25, 0.3) is 5.91 Å². The molecule has 0 bridgehead atoms. The average molecular weight is 393 g/mol. The molecule has 2 aromatic heterocycles. The van der Waals surface area contributed by atoms with E-state index in [-0.39, 0.29) is 18.0 Å². The first kappa shape index (κ1) is 18.3. The van der Waals surface area contributed by atoms with Crippen molar-refractivity contribution in [2.75, 3.05) is 19.6 Å². The summed E-state index contributed by atoms with van der Waals surface area (Å²) in [7, 11) is 1.89. The molecule has 0 radical (unpaired) electrons. The van der Waals surface area contributed by atoms with Crippen molar-refractivity contribution >= 4 is 16.9 Å². The van der Waals surface area contributed by atoms with Crippen molar-refractivity contribution in [3.63, 3.8) is 0 Å². The molecule has 1 unspecified atom stereocenters. The molecule has 1 aliphatic rings. The molecule has 1 amide bonds. The summed E-state index contributed by atoms with van der Waals surface area (Å²) in [4.78, 5) is 20.2. The van der Waals surface area contributed by atoms with Gasteiger partial charge in [0.1, 0.15) is 0 Å². The van der Waals surface area contributed by atoms with Crippen LogP contribution in [-0.4, -0.2) is 51.2 Å². The van der Waals surface area contributed by atoms with E-state index in [1.54, 1.807) is 21.8 Å². The van der Waals surface area contributed by atoms with Crippen molar-refractivity contribution in [3.05, 3.63) is 47.8 Å². The van der Waals surface area contributed by atoms with E-state index in [1.807, 2.05) is 40.0 Å². The molecule has 1 atom stereocenters. The number of carbonyl (C=O) groups is 1. The zero-order valence-corrected chi connectivity index (χ0v) is 17.6. The Balaban J connectivity index is 1.95. The predicted octanol–water partition coefficient (Wildman–Crippen LogP) is 3.58. The summed E-state index contributed by atoms with van der Waals surface area (Å²) in [5.41, 5.74) is 3.96. The SMILES string of the molecule is [2H]c1cccc(-c2cc(C3CCNC3)nc3c2cnn3C)c1C(=O)N(CC)C(C)C. The molecule has 152 valence electrons. The van der Waals surface area contributed by atoms with Crippen LogP contribution in [0, 0.1) is 0 Å². The fourth-order valence-corrected chi connectivity index (χ4v) is 4.20. The van der Waals surface area contributed by atoms with E-state index in [0.717, 1.165) is 47.4 Å². The highest BCUT2D eigenvalue weighted by Crippen LogP contribution is 2.34. The number of fused-ring (bicyclic) bond motifs is 1. The third-order valence-corrected chi connectivity index (χ3v) is 5.79. The molecule has 1 saturated heterocycles. The van der Waals surface area contributed by atoms with Crippen molar-refractivity contribution in [1.82, 2.24) is 25.0 Å². The number of nitrogens with zero attached hydrogens (tertiary/aromatic N) is 4. The van der Waals surface area contributed by atoms with Crippen molar-refractivity contribution in [3.8, 4) is 11.1 Å². The first-order valence-electron chi connectivity index (χ1n) is 10.9. The maximum atomic E-state index is 13.5. The van der Waals surface area contributed by atoms with E-state index in [4.69, 9.17) is 6.35 Å². The summed E-state index contributed by atoms with van der Waals surface area (Å²) < 4.78 is 10.3. The van der Waals surface area contributed by atoms with Crippen molar-refractivity contribution in [2.45, 2.75) is 39.2 Å². The largest absolute Gasteiger partial charge is 0.336 e. The van der Waals surface area contributed by atoms with Crippen LogP contribution in [-0.2, 0) is 7.05 Å². The molecule has 1 fully saturated rings. The van der Waals surface area contributed by atoms with E-state index in [0.29, 0.717) is 18.0 Å². The highest BCUT2D eigenvalue weighted by atomic mass is 16.2. The number of hydrogen-bond donors (Lipinski definition) is 1. The van der Waals surface area contributed by atoms with Gasteiger partial charge in [-0.1, -0.05) is 18.2 Å². The number of nitrogens with one attached hydrogen (secondary N) is 1. The lowest BCUT2D eigenvalue weighted by Gasteiger charge is -2.26. The Labute approximate surface area is 173 Å². The fraction of sp³-hybridized carbons (Fsp3) is 0.435. The Hall–Kier alpha value is -2.73.